The second-order valence-corrected chi connectivity index (χ2v) is 9.85. The number of pyridine rings is 1. The number of rotatable bonds is 4. The summed E-state index contributed by atoms with van der Waals surface area (Å²) in [5, 5.41) is 2.19. The van der Waals surface area contributed by atoms with Gasteiger partial charge in [-0.15, -0.1) is 0 Å². The molecule has 0 aliphatic carbocycles. The van der Waals surface area contributed by atoms with Crippen molar-refractivity contribution in [3.63, 3.8) is 0 Å². The fourth-order valence-electron chi connectivity index (χ4n) is 4.98. The predicted molar refractivity (Wildman–Crippen MR) is 156 cm³/mol. The minimum absolute atomic E-state index is 0.545. The van der Waals surface area contributed by atoms with Gasteiger partial charge in [0.25, 0.3) is 0 Å². The molecule has 6 heteroatoms. The molecule has 0 aliphatic rings. The van der Waals surface area contributed by atoms with Gasteiger partial charge in [-0.05, 0) is 81.6 Å². The molecule has 3 nitrogen and oxygen atoms in total. The van der Waals surface area contributed by atoms with Crippen LogP contribution in [0.15, 0.2) is 132 Å². The number of halogens is 3. The van der Waals surface area contributed by atoms with Crippen molar-refractivity contribution >= 4 is 21.9 Å². The van der Waals surface area contributed by atoms with E-state index in [2.05, 4.69) is 46.4 Å². The van der Waals surface area contributed by atoms with Crippen LogP contribution in [0.4, 0.5) is 13.2 Å². The zero-order valence-electron chi connectivity index (χ0n) is 21.6. The zero-order valence-corrected chi connectivity index (χ0v) is 21.6. The van der Waals surface area contributed by atoms with Crippen molar-refractivity contribution < 1.29 is 17.6 Å². The highest BCUT2D eigenvalue weighted by Crippen LogP contribution is 2.33. The maximum absolute atomic E-state index is 12.9. The maximum atomic E-state index is 12.9. The van der Waals surface area contributed by atoms with Crippen molar-refractivity contribution in [3.05, 3.63) is 133 Å². The molecule has 0 fully saturated rings. The molecule has 0 amide bonds. The maximum Gasteiger partial charge on any atom is 0.416 e. The summed E-state index contributed by atoms with van der Waals surface area (Å²) in [6.07, 6.45) is -2.56. The van der Waals surface area contributed by atoms with Crippen LogP contribution in [0.3, 0.4) is 0 Å². The molecular formula is C35H21F3N2O. The fourth-order valence-corrected chi connectivity index (χ4v) is 4.98. The molecule has 7 rings (SSSR count). The lowest BCUT2D eigenvalue weighted by molar-refractivity contribution is -0.137. The zero-order chi connectivity index (χ0) is 28.0. The summed E-state index contributed by atoms with van der Waals surface area (Å²) in [6, 6.07) is 37.2. The molecule has 0 saturated carbocycles. The standard InChI is InChI=1S/C35H21F3N2O/c36-35(37,38)30-16-13-23(14-17-30)22-5-7-24(8-6-22)25-9-10-27-20-28(12-11-26(27)19-25)31-18-15-29(21-39-31)34-40-32-3-1-2-4-33(32)41-34/h1-21H. The van der Waals surface area contributed by atoms with Gasteiger partial charge in [-0.3, -0.25) is 4.98 Å². The topological polar surface area (TPSA) is 38.9 Å². The molecule has 0 aliphatic heterocycles. The van der Waals surface area contributed by atoms with E-state index < -0.39 is 11.7 Å². The quantitative estimate of drug-likeness (QED) is 0.222. The van der Waals surface area contributed by atoms with E-state index in [0.717, 1.165) is 73.1 Å². The van der Waals surface area contributed by atoms with Gasteiger partial charge in [0, 0.05) is 11.8 Å². The summed E-state index contributed by atoms with van der Waals surface area (Å²) in [6.45, 7) is 0. The minimum atomic E-state index is -4.34. The Bertz CT molecular complexity index is 1970. The average molecular weight is 543 g/mol. The molecule has 0 atom stereocenters. The Balaban J connectivity index is 1.11. The van der Waals surface area contributed by atoms with Crippen molar-refractivity contribution in [2.24, 2.45) is 0 Å². The van der Waals surface area contributed by atoms with Gasteiger partial charge in [0.2, 0.25) is 5.89 Å². The van der Waals surface area contributed by atoms with Crippen molar-refractivity contribution in [1.29, 1.82) is 0 Å². The Labute approximate surface area is 233 Å². The molecule has 41 heavy (non-hydrogen) atoms. The van der Waals surface area contributed by atoms with Gasteiger partial charge in [-0.25, -0.2) is 4.98 Å². The second-order valence-electron chi connectivity index (χ2n) is 9.85. The first-order valence-corrected chi connectivity index (χ1v) is 13.0. The summed E-state index contributed by atoms with van der Waals surface area (Å²) < 4.78 is 44.5. The van der Waals surface area contributed by atoms with Crippen LogP contribution in [0.5, 0.6) is 0 Å². The van der Waals surface area contributed by atoms with E-state index in [1.807, 2.05) is 60.7 Å². The first kappa shape index (κ1) is 24.8. The lowest BCUT2D eigenvalue weighted by Crippen LogP contribution is -2.03. The third kappa shape index (κ3) is 4.85. The number of hydrogen-bond acceptors (Lipinski definition) is 3. The Morgan fingerprint density at radius 2 is 1.10 bits per heavy atom. The number of hydrogen-bond donors (Lipinski definition) is 0. The predicted octanol–water partition coefficient (Wildman–Crippen LogP) is 10.1. The van der Waals surface area contributed by atoms with Crippen LogP contribution in [0.1, 0.15) is 5.56 Å². The molecule has 2 aromatic heterocycles. The first-order chi connectivity index (χ1) is 19.9. The number of fused-ring (bicyclic) bond motifs is 2. The highest BCUT2D eigenvalue weighted by atomic mass is 19.4. The summed E-state index contributed by atoms with van der Waals surface area (Å²) in [7, 11) is 0. The molecule has 5 aromatic carbocycles. The van der Waals surface area contributed by atoms with E-state index in [4.69, 9.17) is 4.42 Å². The van der Waals surface area contributed by atoms with E-state index in [9.17, 15) is 13.2 Å². The highest BCUT2D eigenvalue weighted by molar-refractivity contribution is 5.90. The summed E-state index contributed by atoms with van der Waals surface area (Å²) in [5.74, 6) is 0.545. The Hall–Kier alpha value is -5.23. The van der Waals surface area contributed by atoms with Crippen LogP contribution in [0, 0.1) is 0 Å². The largest absolute Gasteiger partial charge is 0.436 e. The lowest BCUT2D eigenvalue weighted by atomic mass is 9.97. The third-order valence-corrected chi connectivity index (χ3v) is 7.20. The monoisotopic (exact) mass is 542 g/mol. The van der Waals surface area contributed by atoms with E-state index in [1.54, 1.807) is 6.20 Å². The summed E-state index contributed by atoms with van der Waals surface area (Å²) in [4.78, 5) is 9.21. The minimum Gasteiger partial charge on any atom is -0.436 e. The first-order valence-electron chi connectivity index (χ1n) is 13.0. The Morgan fingerprint density at radius 1 is 0.537 bits per heavy atom. The van der Waals surface area contributed by atoms with Gasteiger partial charge < -0.3 is 4.42 Å². The fraction of sp³-hybridized carbons (Fsp3) is 0.0286. The number of alkyl halides is 3. The SMILES string of the molecule is FC(F)(F)c1ccc(-c2ccc(-c3ccc4cc(-c5ccc(-c6nc7ccccc7o6)cn5)ccc4c3)cc2)cc1. The molecular weight excluding hydrogens is 521 g/mol. The molecule has 2 heterocycles. The highest BCUT2D eigenvalue weighted by Gasteiger charge is 2.29. The van der Waals surface area contributed by atoms with E-state index >= 15 is 0 Å². The van der Waals surface area contributed by atoms with Crippen molar-refractivity contribution in [2.45, 2.75) is 6.18 Å². The van der Waals surface area contributed by atoms with Crippen LogP contribution in [0.2, 0.25) is 0 Å². The van der Waals surface area contributed by atoms with Gasteiger partial charge >= 0.3 is 6.18 Å². The average Bonchev–Trinajstić information content (AvgIpc) is 3.45. The van der Waals surface area contributed by atoms with Crippen LogP contribution >= 0.6 is 0 Å². The van der Waals surface area contributed by atoms with E-state index in [0.29, 0.717) is 5.89 Å². The van der Waals surface area contributed by atoms with Crippen molar-refractivity contribution in [2.75, 3.05) is 0 Å². The normalized spacial score (nSPS) is 11.8. The summed E-state index contributed by atoms with van der Waals surface area (Å²) >= 11 is 0. The van der Waals surface area contributed by atoms with Crippen LogP contribution in [-0.2, 0) is 6.18 Å². The molecule has 7 aromatic rings. The van der Waals surface area contributed by atoms with Gasteiger partial charge in [0.1, 0.15) is 5.52 Å². The van der Waals surface area contributed by atoms with Gasteiger partial charge in [-0.1, -0.05) is 72.8 Å². The van der Waals surface area contributed by atoms with Gasteiger partial charge in [0.15, 0.2) is 5.58 Å². The molecule has 0 spiro atoms. The Morgan fingerprint density at radius 3 is 1.73 bits per heavy atom. The number of aromatic nitrogens is 2. The lowest BCUT2D eigenvalue weighted by Gasteiger charge is -2.09. The van der Waals surface area contributed by atoms with Crippen molar-refractivity contribution in [3.8, 4) is 45.0 Å². The molecule has 0 bridgehead atoms. The summed E-state index contributed by atoms with van der Waals surface area (Å²) in [5.41, 5.74) is 7.29. The van der Waals surface area contributed by atoms with Gasteiger partial charge in [0.05, 0.1) is 16.8 Å². The van der Waals surface area contributed by atoms with Crippen LogP contribution in [-0.4, -0.2) is 9.97 Å². The number of benzene rings is 5. The third-order valence-electron chi connectivity index (χ3n) is 7.20. The van der Waals surface area contributed by atoms with Crippen LogP contribution < -0.4 is 0 Å². The molecule has 0 radical (unpaired) electrons. The smallest absolute Gasteiger partial charge is 0.416 e. The molecule has 0 N–H and O–H groups in total. The number of nitrogens with zero attached hydrogens (tertiary/aromatic N) is 2. The molecule has 198 valence electrons. The van der Waals surface area contributed by atoms with E-state index in [1.165, 1.54) is 12.1 Å². The number of oxazole rings is 1. The van der Waals surface area contributed by atoms with Gasteiger partial charge in [-0.2, -0.15) is 13.2 Å². The molecule has 0 saturated heterocycles. The molecule has 0 unspecified atom stereocenters. The second kappa shape index (κ2) is 9.75. The number of para-hydroxylation sites is 2. The van der Waals surface area contributed by atoms with Crippen LogP contribution in [0.25, 0.3) is 66.8 Å². The Kier molecular flexibility index (Phi) is 5.89. The van der Waals surface area contributed by atoms with Crippen molar-refractivity contribution in [1.82, 2.24) is 9.97 Å². The van der Waals surface area contributed by atoms with E-state index in [-0.39, 0.29) is 0 Å².